The van der Waals surface area contributed by atoms with E-state index < -0.39 is 6.10 Å². The smallest absolute Gasteiger partial charge is 0.0704 e. The minimum absolute atomic E-state index is 0.338. The topological polar surface area (TPSA) is 59.1 Å². The molecule has 1 heterocycles. The summed E-state index contributed by atoms with van der Waals surface area (Å²) in [7, 11) is 0. The van der Waals surface area contributed by atoms with E-state index in [-0.39, 0.29) is 6.04 Å². The van der Waals surface area contributed by atoms with Crippen LogP contribution in [0.25, 0.3) is 10.9 Å². The lowest BCUT2D eigenvalue weighted by Crippen LogP contribution is -2.22. The standard InChI is InChI=1S/C12H14N2O/c1-8(15)12(13)10-4-5-11-9(7-10)3-2-6-14-11/h2-8,12,15H,13H2,1H3/t8-,12+/m1/s1. The van der Waals surface area contributed by atoms with Crippen LogP contribution in [-0.4, -0.2) is 16.2 Å². The monoisotopic (exact) mass is 202 g/mol. The first-order valence-electron chi connectivity index (χ1n) is 4.97. The van der Waals surface area contributed by atoms with E-state index >= 15 is 0 Å². The average molecular weight is 202 g/mol. The van der Waals surface area contributed by atoms with Gasteiger partial charge in [-0.15, -0.1) is 0 Å². The van der Waals surface area contributed by atoms with Gasteiger partial charge in [0.1, 0.15) is 0 Å². The van der Waals surface area contributed by atoms with Crippen LogP contribution in [0.4, 0.5) is 0 Å². The van der Waals surface area contributed by atoms with Gasteiger partial charge >= 0.3 is 0 Å². The van der Waals surface area contributed by atoms with Crippen LogP contribution in [0.2, 0.25) is 0 Å². The number of pyridine rings is 1. The Morgan fingerprint density at radius 2 is 2.13 bits per heavy atom. The van der Waals surface area contributed by atoms with E-state index in [0.29, 0.717) is 0 Å². The molecule has 0 aliphatic rings. The number of hydrogen-bond donors (Lipinski definition) is 2. The van der Waals surface area contributed by atoms with Crippen molar-refractivity contribution in [1.29, 1.82) is 0 Å². The first-order chi connectivity index (χ1) is 7.18. The van der Waals surface area contributed by atoms with Crippen molar-refractivity contribution in [3.8, 4) is 0 Å². The number of rotatable bonds is 2. The van der Waals surface area contributed by atoms with Crippen LogP contribution >= 0.6 is 0 Å². The van der Waals surface area contributed by atoms with Crippen LogP contribution in [0.3, 0.4) is 0 Å². The summed E-state index contributed by atoms with van der Waals surface area (Å²) in [5.74, 6) is 0. The summed E-state index contributed by atoms with van der Waals surface area (Å²) in [5.41, 5.74) is 7.74. The van der Waals surface area contributed by atoms with Crippen molar-refractivity contribution >= 4 is 10.9 Å². The second-order valence-corrected chi connectivity index (χ2v) is 3.72. The number of benzene rings is 1. The molecule has 3 N–H and O–H groups in total. The second-order valence-electron chi connectivity index (χ2n) is 3.72. The largest absolute Gasteiger partial charge is 0.391 e. The molecule has 0 spiro atoms. The molecule has 2 atom stereocenters. The van der Waals surface area contributed by atoms with Gasteiger partial charge < -0.3 is 10.8 Å². The van der Waals surface area contributed by atoms with Crippen molar-refractivity contribution in [3.63, 3.8) is 0 Å². The third-order valence-corrected chi connectivity index (χ3v) is 2.53. The summed E-state index contributed by atoms with van der Waals surface area (Å²) in [5, 5.41) is 10.5. The molecule has 2 aromatic rings. The maximum absolute atomic E-state index is 9.41. The van der Waals surface area contributed by atoms with Crippen LogP contribution in [0.5, 0.6) is 0 Å². The average Bonchev–Trinajstić information content (AvgIpc) is 2.27. The van der Waals surface area contributed by atoms with Gasteiger partial charge in [-0.1, -0.05) is 12.1 Å². The molecule has 78 valence electrons. The minimum atomic E-state index is -0.542. The van der Waals surface area contributed by atoms with Crippen LogP contribution < -0.4 is 5.73 Å². The van der Waals surface area contributed by atoms with E-state index in [0.717, 1.165) is 16.5 Å². The zero-order valence-corrected chi connectivity index (χ0v) is 8.59. The lowest BCUT2D eigenvalue weighted by atomic mass is 10.0. The van der Waals surface area contributed by atoms with E-state index in [1.807, 2.05) is 30.3 Å². The normalized spacial score (nSPS) is 15.1. The molecule has 2 rings (SSSR count). The van der Waals surface area contributed by atoms with Crippen molar-refractivity contribution < 1.29 is 5.11 Å². The van der Waals surface area contributed by atoms with Crippen molar-refractivity contribution in [2.75, 3.05) is 0 Å². The summed E-state index contributed by atoms with van der Waals surface area (Å²) in [6, 6.07) is 9.34. The van der Waals surface area contributed by atoms with E-state index in [9.17, 15) is 5.11 Å². The van der Waals surface area contributed by atoms with Gasteiger partial charge in [-0.05, 0) is 30.7 Å². The fourth-order valence-corrected chi connectivity index (χ4v) is 1.58. The van der Waals surface area contributed by atoms with Crippen molar-refractivity contribution in [3.05, 3.63) is 42.1 Å². The fourth-order valence-electron chi connectivity index (χ4n) is 1.58. The molecule has 0 bridgehead atoms. The Hall–Kier alpha value is -1.45. The third kappa shape index (κ3) is 1.98. The van der Waals surface area contributed by atoms with Crippen LogP contribution in [0, 0.1) is 0 Å². The Morgan fingerprint density at radius 3 is 2.87 bits per heavy atom. The van der Waals surface area contributed by atoms with Crippen molar-refractivity contribution in [1.82, 2.24) is 4.98 Å². The Bertz CT molecular complexity index is 468. The Morgan fingerprint density at radius 1 is 1.33 bits per heavy atom. The summed E-state index contributed by atoms with van der Waals surface area (Å²) in [6.07, 6.45) is 1.22. The summed E-state index contributed by atoms with van der Waals surface area (Å²) in [6.45, 7) is 1.69. The Kier molecular flexibility index (Phi) is 2.66. The predicted molar refractivity (Wildman–Crippen MR) is 60.4 cm³/mol. The van der Waals surface area contributed by atoms with E-state index in [1.165, 1.54) is 0 Å². The quantitative estimate of drug-likeness (QED) is 0.778. The van der Waals surface area contributed by atoms with E-state index in [1.54, 1.807) is 13.1 Å². The van der Waals surface area contributed by atoms with Gasteiger partial charge in [0.2, 0.25) is 0 Å². The number of aromatic nitrogens is 1. The zero-order valence-electron chi connectivity index (χ0n) is 8.59. The number of nitrogens with zero attached hydrogens (tertiary/aromatic N) is 1. The highest BCUT2D eigenvalue weighted by atomic mass is 16.3. The molecule has 0 aliphatic heterocycles. The molecule has 0 unspecified atom stereocenters. The molecule has 1 aromatic heterocycles. The van der Waals surface area contributed by atoms with Crippen molar-refractivity contribution in [2.24, 2.45) is 5.73 Å². The molecule has 0 saturated carbocycles. The Labute approximate surface area is 88.6 Å². The number of fused-ring (bicyclic) bond motifs is 1. The van der Waals surface area contributed by atoms with Crippen LogP contribution in [0.15, 0.2) is 36.5 Å². The van der Waals surface area contributed by atoms with Gasteiger partial charge in [-0.25, -0.2) is 0 Å². The SMILES string of the molecule is C[C@@H](O)[C@H](N)c1ccc2ncccc2c1. The lowest BCUT2D eigenvalue weighted by Gasteiger charge is -2.15. The van der Waals surface area contributed by atoms with Gasteiger partial charge in [0.05, 0.1) is 17.7 Å². The molecular weight excluding hydrogens is 188 g/mol. The van der Waals surface area contributed by atoms with Crippen LogP contribution in [-0.2, 0) is 0 Å². The van der Waals surface area contributed by atoms with Gasteiger partial charge in [0.25, 0.3) is 0 Å². The molecule has 0 amide bonds. The number of hydrogen-bond acceptors (Lipinski definition) is 3. The molecule has 0 fully saturated rings. The van der Waals surface area contributed by atoms with Gasteiger partial charge in [0, 0.05) is 11.6 Å². The summed E-state index contributed by atoms with van der Waals surface area (Å²) < 4.78 is 0. The molecular formula is C12H14N2O. The molecule has 3 nitrogen and oxygen atoms in total. The third-order valence-electron chi connectivity index (χ3n) is 2.53. The predicted octanol–water partition coefficient (Wildman–Crippen LogP) is 1.62. The number of aliphatic hydroxyl groups excluding tert-OH is 1. The molecule has 0 aliphatic carbocycles. The van der Waals surface area contributed by atoms with E-state index in [2.05, 4.69) is 4.98 Å². The van der Waals surface area contributed by atoms with E-state index in [4.69, 9.17) is 5.73 Å². The second kappa shape index (κ2) is 3.96. The van der Waals surface area contributed by atoms with Gasteiger partial charge in [-0.3, -0.25) is 4.98 Å². The summed E-state index contributed by atoms with van der Waals surface area (Å²) in [4.78, 5) is 4.22. The van der Waals surface area contributed by atoms with Crippen molar-refractivity contribution in [2.45, 2.75) is 19.1 Å². The highest BCUT2D eigenvalue weighted by Gasteiger charge is 2.11. The molecule has 1 aromatic carbocycles. The molecule has 3 heteroatoms. The van der Waals surface area contributed by atoms with Gasteiger partial charge in [-0.2, -0.15) is 0 Å². The van der Waals surface area contributed by atoms with Gasteiger partial charge in [0.15, 0.2) is 0 Å². The number of aliphatic hydroxyl groups is 1. The molecule has 0 radical (unpaired) electrons. The zero-order chi connectivity index (χ0) is 10.8. The Balaban J connectivity index is 2.47. The molecule has 0 saturated heterocycles. The highest BCUT2D eigenvalue weighted by Crippen LogP contribution is 2.19. The first kappa shape index (κ1) is 10.1. The molecule has 15 heavy (non-hydrogen) atoms. The first-order valence-corrected chi connectivity index (χ1v) is 4.97. The minimum Gasteiger partial charge on any atom is -0.391 e. The fraction of sp³-hybridized carbons (Fsp3) is 0.250. The maximum Gasteiger partial charge on any atom is 0.0704 e. The van der Waals surface area contributed by atoms with Crippen LogP contribution in [0.1, 0.15) is 18.5 Å². The highest BCUT2D eigenvalue weighted by molar-refractivity contribution is 5.79. The maximum atomic E-state index is 9.41. The number of nitrogens with two attached hydrogens (primary N) is 1. The summed E-state index contributed by atoms with van der Waals surface area (Å²) >= 11 is 0. The lowest BCUT2D eigenvalue weighted by molar-refractivity contribution is 0.164.